The van der Waals surface area contributed by atoms with Crippen LogP contribution in [-0.2, 0) is 11.3 Å². The summed E-state index contributed by atoms with van der Waals surface area (Å²) >= 11 is 0. The van der Waals surface area contributed by atoms with Crippen molar-refractivity contribution in [1.82, 2.24) is 20.2 Å². The molecule has 0 radical (unpaired) electrons. The molecule has 1 aromatic heterocycles. The van der Waals surface area contributed by atoms with Gasteiger partial charge in [-0.3, -0.25) is 4.79 Å². The lowest BCUT2D eigenvalue weighted by molar-refractivity contribution is -0.133. The standard InChI is InChI=1S/C13H20N4O/c18-13(10-1-2-10)17-5-3-11(4-6-17)15-8-12-7-14-9-16-12/h7,9-11,15H,1-6,8H2,(H,14,16). The van der Waals surface area contributed by atoms with Gasteiger partial charge in [0.15, 0.2) is 0 Å². The molecule has 1 aliphatic heterocycles. The minimum absolute atomic E-state index is 0.361. The predicted octanol–water partition coefficient (Wildman–Crippen LogP) is 0.900. The van der Waals surface area contributed by atoms with Gasteiger partial charge in [-0.2, -0.15) is 0 Å². The van der Waals surface area contributed by atoms with Gasteiger partial charge in [0.05, 0.1) is 6.33 Å². The van der Waals surface area contributed by atoms with E-state index < -0.39 is 0 Å². The molecule has 98 valence electrons. The summed E-state index contributed by atoms with van der Waals surface area (Å²) in [6, 6.07) is 0.525. The Kier molecular flexibility index (Phi) is 3.32. The highest BCUT2D eigenvalue weighted by Gasteiger charge is 2.34. The van der Waals surface area contributed by atoms with E-state index in [1.807, 2.05) is 11.1 Å². The Labute approximate surface area is 107 Å². The average molecular weight is 248 g/mol. The number of carbonyl (C=O) groups is 1. The lowest BCUT2D eigenvalue weighted by atomic mass is 10.0. The Balaban J connectivity index is 1.41. The van der Waals surface area contributed by atoms with Crippen molar-refractivity contribution in [2.24, 2.45) is 5.92 Å². The van der Waals surface area contributed by atoms with Crippen molar-refractivity contribution in [3.05, 3.63) is 18.2 Å². The molecule has 0 atom stereocenters. The fraction of sp³-hybridized carbons (Fsp3) is 0.692. The van der Waals surface area contributed by atoms with E-state index in [0.29, 0.717) is 17.9 Å². The molecule has 2 fully saturated rings. The fourth-order valence-electron chi connectivity index (χ4n) is 2.53. The number of aromatic nitrogens is 2. The summed E-state index contributed by atoms with van der Waals surface area (Å²) in [6.45, 7) is 2.66. The van der Waals surface area contributed by atoms with Crippen LogP contribution in [0.1, 0.15) is 31.4 Å². The highest BCUT2D eigenvalue weighted by atomic mass is 16.2. The van der Waals surface area contributed by atoms with Gasteiger partial charge in [0.1, 0.15) is 0 Å². The third kappa shape index (κ3) is 2.72. The Morgan fingerprint density at radius 3 is 2.78 bits per heavy atom. The van der Waals surface area contributed by atoms with E-state index in [4.69, 9.17) is 0 Å². The minimum atomic E-state index is 0.361. The maximum Gasteiger partial charge on any atom is 0.225 e. The van der Waals surface area contributed by atoms with Crippen molar-refractivity contribution in [1.29, 1.82) is 0 Å². The first-order chi connectivity index (χ1) is 8.83. The van der Waals surface area contributed by atoms with Gasteiger partial charge in [-0.05, 0) is 25.7 Å². The van der Waals surface area contributed by atoms with Crippen molar-refractivity contribution in [2.45, 2.75) is 38.3 Å². The molecular weight excluding hydrogens is 228 g/mol. The lowest BCUT2D eigenvalue weighted by Gasteiger charge is -2.32. The van der Waals surface area contributed by atoms with E-state index in [1.54, 1.807) is 6.33 Å². The molecule has 1 saturated heterocycles. The minimum Gasteiger partial charge on any atom is -0.347 e. The molecule has 0 bridgehead atoms. The summed E-state index contributed by atoms with van der Waals surface area (Å²) in [7, 11) is 0. The first-order valence-corrected chi connectivity index (χ1v) is 6.82. The first kappa shape index (κ1) is 11.7. The smallest absolute Gasteiger partial charge is 0.225 e. The number of hydrogen-bond acceptors (Lipinski definition) is 3. The van der Waals surface area contributed by atoms with Gasteiger partial charge >= 0.3 is 0 Å². The average Bonchev–Trinajstić information content (AvgIpc) is 3.13. The molecule has 2 heterocycles. The molecule has 5 heteroatoms. The van der Waals surface area contributed by atoms with E-state index in [0.717, 1.165) is 51.0 Å². The summed E-state index contributed by atoms with van der Waals surface area (Å²) in [5, 5.41) is 3.52. The molecule has 0 aromatic carbocycles. The number of piperidine rings is 1. The van der Waals surface area contributed by atoms with Gasteiger partial charge in [0, 0.05) is 43.5 Å². The number of rotatable bonds is 4. The molecule has 3 rings (SSSR count). The quantitative estimate of drug-likeness (QED) is 0.832. The Hall–Kier alpha value is -1.36. The maximum absolute atomic E-state index is 11.9. The van der Waals surface area contributed by atoms with E-state index in [2.05, 4.69) is 15.3 Å². The molecule has 0 unspecified atom stereocenters. The molecule has 1 aliphatic carbocycles. The number of nitrogens with zero attached hydrogens (tertiary/aromatic N) is 2. The summed E-state index contributed by atoms with van der Waals surface area (Å²) in [6.07, 6.45) is 7.89. The number of aromatic amines is 1. The van der Waals surface area contributed by atoms with Gasteiger partial charge in [-0.25, -0.2) is 4.98 Å². The third-order valence-electron chi connectivity index (χ3n) is 3.87. The van der Waals surface area contributed by atoms with E-state index in [9.17, 15) is 4.79 Å². The highest BCUT2D eigenvalue weighted by Crippen LogP contribution is 2.31. The normalized spacial score (nSPS) is 21.2. The lowest BCUT2D eigenvalue weighted by Crippen LogP contribution is -2.45. The monoisotopic (exact) mass is 248 g/mol. The molecule has 1 amide bonds. The number of amides is 1. The van der Waals surface area contributed by atoms with Crippen molar-refractivity contribution in [3.63, 3.8) is 0 Å². The number of H-pyrrole nitrogens is 1. The van der Waals surface area contributed by atoms with Crippen LogP contribution in [0.2, 0.25) is 0 Å². The number of nitrogens with one attached hydrogen (secondary N) is 2. The second-order valence-electron chi connectivity index (χ2n) is 5.33. The van der Waals surface area contributed by atoms with Crippen LogP contribution in [0.3, 0.4) is 0 Å². The van der Waals surface area contributed by atoms with Crippen LogP contribution in [-0.4, -0.2) is 39.9 Å². The highest BCUT2D eigenvalue weighted by molar-refractivity contribution is 5.81. The van der Waals surface area contributed by atoms with Gasteiger partial charge in [0.2, 0.25) is 5.91 Å². The first-order valence-electron chi connectivity index (χ1n) is 6.82. The molecule has 5 nitrogen and oxygen atoms in total. The summed E-state index contributed by atoms with van der Waals surface area (Å²) in [5.74, 6) is 0.751. The second kappa shape index (κ2) is 5.10. The van der Waals surface area contributed by atoms with Gasteiger partial charge in [-0.1, -0.05) is 0 Å². The van der Waals surface area contributed by atoms with Crippen LogP contribution in [0.4, 0.5) is 0 Å². The van der Waals surface area contributed by atoms with Crippen molar-refractivity contribution in [3.8, 4) is 0 Å². The van der Waals surface area contributed by atoms with Crippen LogP contribution in [0.15, 0.2) is 12.5 Å². The zero-order chi connectivity index (χ0) is 12.4. The topological polar surface area (TPSA) is 61.0 Å². The SMILES string of the molecule is O=C(C1CC1)N1CCC(NCc2cnc[nH]2)CC1. The molecule has 0 spiro atoms. The van der Waals surface area contributed by atoms with Crippen molar-refractivity contribution < 1.29 is 4.79 Å². The van der Waals surface area contributed by atoms with Crippen LogP contribution in [0.5, 0.6) is 0 Å². The molecule has 1 aromatic rings. The molecule has 1 saturated carbocycles. The Morgan fingerprint density at radius 1 is 1.39 bits per heavy atom. The largest absolute Gasteiger partial charge is 0.347 e. The summed E-state index contributed by atoms with van der Waals surface area (Å²) in [5.41, 5.74) is 1.12. The summed E-state index contributed by atoms with van der Waals surface area (Å²) in [4.78, 5) is 21.0. The maximum atomic E-state index is 11.9. The van der Waals surface area contributed by atoms with Gasteiger partial charge < -0.3 is 15.2 Å². The van der Waals surface area contributed by atoms with Gasteiger partial charge in [-0.15, -0.1) is 0 Å². The Morgan fingerprint density at radius 2 is 2.17 bits per heavy atom. The second-order valence-corrected chi connectivity index (χ2v) is 5.33. The predicted molar refractivity (Wildman–Crippen MR) is 67.8 cm³/mol. The zero-order valence-corrected chi connectivity index (χ0v) is 10.6. The van der Waals surface area contributed by atoms with E-state index in [-0.39, 0.29) is 0 Å². The van der Waals surface area contributed by atoms with Crippen molar-refractivity contribution >= 4 is 5.91 Å². The molecular formula is C13H20N4O. The van der Waals surface area contributed by atoms with E-state index in [1.165, 1.54) is 0 Å². The molecule has 18 heavy (non-hydrogen) atoms. The Bertz CT molecular complexity index is 391. The third-order valence-corrected chi connectivity index (χ3v) is 3.87. The molecule has 2 aliphatic rings. The van der Waals surface area contributed by atoms with Crippen LogP contribution in [0, 0.1) is 5.92 Å². The van der Waals surface area contributed by atoms with Crippen LogP contribution < -0.4 is 5.32 Å². The van der Waals surface area contributed by atoms with Crippen molar-refractivity contribution in [2.75, 3.05) is 13.1 Å². The number of imidazole rings is 1. The summed E-state index contributed by atoms with van der Waals surface area (Å²) < 4.78 is 0. The zero-order valence-electron chi connectivity index (χ0n) is 10.6. The van der Waals surface area contributed by atoms with E-state index >= 15 is 0 Å². The van der Waals surface area contributed by atoms with Gasteiger partial charge in [0.25, 0.3) is 0 Å². The number of hydrogen-bond donors (Lipinski definition) is 2. The van der Waals surface area contributed by atoms with Crippen LogP contribution >= 0.6 is 0 Å². The van der Waals surface area contributed by atoms with Crippen LogP contribution in [0.25, 0.3) is 0 Å². The number of carbonyl (C=O) groups excluding carboxylic acids is 1. The number of likely N-dealkylation sites (tertiary alicyclic amines) is 1. The fourth-order valence-corrected chi connectivity index (χ4v) is 2.53. The molecule has 2 N–H and O–H groups in total.